The Kier molecular flexibility index (Phi) is 2.43. The Bertz CT molecular complexity index is 443. The highest BCUT2D eigenvalue weighted by Crippen LogP contribution is 2.52. The lowest BCUT2D eigenvalue weighted by molar-refractivity contribution is 0.265. The third-order valence-corrected chi connectivity index (χ3v) is 5.83. The van der Waals surface area contributed by atoms with Crippen molar-refractivity contribution in [3.05, 3.63) is 15.6 Å². The molecule has 1 aromatic rings. The molecule has 3 heteroatoms. The van der Waals surface area contributed by atoms with Crippen molar-refractivity contribution >= 4 is 11.3 Å². The van der Waals surface area contributed by atoms with E-state index in [1.54, 1.807) is 0 Å². The second-order valence-electron chi connectivity index (χ2n) is 6.78. The minimum absolute atomic E-state index is 0.385. The van der Waals surface area contributed by atoms with Gasteiger partial charge in [0.1, 0.15) is 0 Å². The Labute approximate surface area is 108 Å². The van der Waals surface area contributed by atoms with Gasteiger partial charge < -0.3 is 5.32 Å². The lowest BCUT2D eigenvalue weighted by atomic mass is 9.76. The Morgan fingerprint density at radius 2 is 2.00 bits per heavy atom. The topological polar surface area (TPSA) is 24.9 Å². The van der Waals surface area contributed by atoms with Gasteiger partial charge in [0.15, 0.2) is 0 Å². The van der Waals surface area contributed by atoms with Gasteiger partial charge in [-0.3, -0.25) is 0 Å². The summed E-state index contributed by atoms with van der Waals surface area (Å²) in [5, 5.41) is 4.86. The molecule has 2 aliphatic carbocycles. The average molecular weight is 250 g/mol. The van der Waals surface area contributed by atoms with Crippen LogP contribution in [0.3, 0.4) is 0 Å². The standard InChI is InChI=1S/C14H22N2S/c1-13(2)7-9(15-4)11-10(8-13)16-12(17-11)14(3)5-6-14/h9,15H,5-8H2,1-4H3. The van der Waals surface area contributed by atoms with Crippen LogP contribution < -0.4 is 5.32 Å². The first kappa shape index (κ1) is 11.7. The zero-order valence-corrected chi connectivity index (χ0v) is 12.1. The zero-order valence-electron chi connectivity index (χ0n) is 11.3. The first-order valence-corrected chi connectivity index (χ1v) is 7.43. The van der Waals surface area contributed by atoms with Crippen molar-refractivity contribution in [2.24, 2.45) is 5.41 Å². The second-order valence-corrected chi connectivity index (χ2v) is 7.81. The molecular weight excluding hydrogens is 228 g/mol. The number of rotatable bonds is 2. The molecule has 1 heterocycles. The summed E-state index contributed by atoms with van der Waals surface area (Å²) < 4.78 is 0. The molecule has 1 fully saturated rings. The summed E-state index contributed by atoms with van der Waals surface area (Å²) in [6, 6.07) is 0.516. The van der Waals surface area contributed by atoms with Gasteiger partial charge in [0, 0.05) is 16.3 Å². The van der Waals surface area contributed by atoms with Crippen molar-refractivity contribution in [1.82, 2.24) is 10.3 Å². The van der Waals surface area contributed by atoms with E-state index >= 15 is 0 Å². The average Bonchev–Trinajstić information content (AvgIpc) is 2.85. The molecule has 0 aromatic carbocycles. The Hall–Kier alpha value is -0.410. The number of nitrogens with one attached hydrogen (secondary N) is 1. The summed E-state index contributed by atoms with van der Waals surface area (Å²) in [4.78, 5) is 6.47. The summed E-state index contributed by atoms with van der Waals surface area (Å²) in [6.07, 6.45) is 5.03. The molecule has 1 N–H and O–H groups in total. The molecule has 1 unspecified atom stereocenters. The quantitative estimate of drug-likeness (QED) is 0.870. The SMILES string of the molecule is CNC1CC(C)(C)Cc2nc(C3(C)CC3)sc21. The molecule has 2 aliphatic rings. The monoisotopic (exact) mass is 250 g/mol. The summed E-state index contributed by atoms with van der Waals surface area (Å²) >= 11 is 1.96. The summed E-state index contributed by atoms with van der Waals surface area (Å²) in [7, 11) is 2.08. The fourth-order valence-electron chi connectivity index (χ4n) is 2.83. The van der Waals surface area contributed by atoms with Crippen molar-refractivity contribution in [1.29, 1.82) is 0 Å². The van der Waals surface area contributed by atoms with Gasteiger partial charge in [-0.15, -0.1) is 11.3 Å². The van der Waals surface area contributed by atoms with Crippen molar-refractivity contribution in [3.8, 4) is 0 Å². The molecule has 94 valence electrons. The molecule has 0 radical (unpaired) electrons. The second kappa shape index (κ2) is 3.55. The molecule has 1 saturated carbocycles. The number of thiazole rings is 1. The van der Waals surface area contributed by atoms with Crippen LogP contribution in [0.15, 0.2) is 0 Å². The molecule has 0 spiro atoms. The van der Waals surface area contributed by atoms with Gasteiger partial charge in [-0.1, -0.05) is 20.8 Å². The highest BCUT2D eigenvalue weighted by atomic mass is 32.1. The molecule has 0 saturated heterocycles. The molecule has 0 amide bonds. The minimum Gasteiger partial charge on any atom is -0.312 e. The summed E-state index contributed by atoms with van der Waals surface area (Å²) in [5.74, 6) is 0. The van der Waals surface area contributed by atoms with Crippen molar-refractivity contribution < 1.29 is 0 Å². The van der Waals surface area contributed by atoms with Crippen molar-refractivity contribution in [3.63, 3.8) is 0 Å². The third-order valence-electron chi connectivity index (χ3n) is 4.31. The van der Waals surface area contributed by atoms with Gasteiger partial charge in [0.05, 0.1) is 10.7 Å². The molecule has 3 rings (SSSR count). The van der Waals surface area contributed by atoms with Gasteiger partial charge in [-0.05, 0) is 38.1 Å². The van der Waals surface area contributed by atoms with Crippen LogP contribution in [0.5, 0.6) is 0 Å². The van der Waals surface area contributed by atoms with Gasteiger partial charge in [-0.2, -0.15) is 0 Å². The first-order chi connectivity index (χ1) is 7.93. The van der Waals surface area contributed by atoms with Gasteiger partial charge in [0.25, 0.3) is 0 Å². The normalized spacial score (nSPS) is 28.8. The van der Waals surface area contributed by atoms with E-state index in [0.717, 1.165) is 6.42 Å². The molecule has 2 nitrogen and oxygen atoms in total. The maximum absolute atomic E-state index is 4.96. The minimum atomic E-state index is 0.385. The Morgan fingerprint density at radius 3 is 2.59 bits per heavy atom. The van der Waals surface area contributed by atoms with Gasteiger partial charge in [-0.25, -0.2) is 4.98 Å². The van der Waals surface area contributed by atoms with E-state index < -0.39 is 0 Å². The molecule has 1 atom stereocenters. The van der Waals surface area contributed by atoms with E-state index in [1.165, 1.54) is 34.8 Å². The van der Waals surface area contributed by atoms with E-state index in [1.807, 2.05) is 11.3 Å². The largest absolute Gasteiger partial charge is 0.312 e. The van der Waals surface area contributed by atoms with Crippen LogP contribution >= 0.6 is 11.3 Å². The van der Waals surface area contributed by atoms with E-state index in [4.69, 9.17) is 4.98 Å². The zero-order chi connectivity index (χ0) is 12.3. The van der Waals surface area contributed by atoms with E-state index in [2.05, 4.69) is 33.1 Å². The van der Waals surface area contributed by atoms with Crippen LogP contribution in [0.25, 0.3) is 0 Å². The van der Waals surface area contributed by atoms with Crippen LogP contribution in [-0.2, 0) is 11.8 Å². The number of nitrogens with zero attached hydrogens (tertiary/aromatic N) is 1. The number of hydrogen-bond acceptors (Lipinski definition) is 3. The van der Waals surface area contributed by atoms with Gasteiger partial charge >= 0.3 is 0 Å². The van der Waals surface area contributed by atoms with Crippen LogP contribution in [0, 0.1) is 5.41 Å². The van der Waals surface area contributed by atoms with Crippen LogP contribution in [0.2, 0.25) is 0 Å². The summed E-state index contributed by atoms with van der Waals surface area (Å²) in [5.41, 5.74) is 2.18. The van der Waals surface area contributed by atoms with Crippen molar-refractivity contribution in [2.75, 3.05) is 7.05 Å². The molecule has 0 bridgehead atoms. The molecule has 1 aromatic heterocycles. The molecular formula is C14H22N2S. The lowest BCUT2D eigenvalue weighted by Gasteiger charge is -2.34. The maximum atomic E-state index is 4.96. The predicted octanol–water partition coefficient (Wildman–Crippen LogP) is 3.43. The van der Waals surface area contributed by atoms with E-state index in [-0.39, 0.29) is 0 Å². The maximum Gasteiger partial charge on any atom is 0.0990 e. The van der Waals surface area contributed by atoms with E-state index in [9.17, 15) is 0 Å². The Balaban J connectivity index is 2.00. The highest BCUT2D eigenvalue weighted by Gasteiger charge is 2.44. The third kappa shape index (κ3) is 1.93. The summed E-state index contributed by atoms with van der Waals surface area (Å²) in [6.45, 7) is 7.08. The van der Waals surface area contributed by atoms with Crippen molar-refractivity contribution in [2.45, 2.75) is 57.9 Å². The highest BCUT2D eigenvalue weighted by molar-refractivity contribution is 7.12. The fraction of sp³-hybridized carbons (Fsp3) is 0.786. The first-order valence-electron chi connectivity index (χ1n) is 6.61. The fourth-order valence-corrected chi connectivity index (χ4v) is 4.22. The predicted molar refractivity (Wildman–Crippen MR) is 72.6 cm³/mol. The van der Waals surface area contributed by atoms with Crippen LogP contribution in [-0.4, -0.2) is 12.0 Å². The van der Waals surface area contributed by atoms with Crippen LogP contribution in [0.4, 0.5) is 0 Å². The lowest BCUT2D eigenvalue weighted by Crippen LogP contribution is -2.30. The molecule has 17 heavy (non-hydrogen) atoms. The number of hydrogen-bond donors (Lipinski definition) is 1. The smallest absolute Gasteiger partial charge is 0.0990 e. The Morgan fingerprint density at radius 1 is 1.29 bits per heavy atom. The van der Waals surface area contributed by atoms with Crippen LogP contribution in [0.1, 0.15) is 61.7 Å². The number of aromatic nitrogens is 1. The molecule has 0 aliphatic heterocycles. The van der Waals surface area contributed by atoms with Gasteiger partial charge in [0.2, 0.25) is 0 Å². The number of fused-ring (bicyclic) bond motifs is 1. The van der Waals surface area contributed by atoms with E-state index in [0.29, 0.717) is 16.9 Å².